The lowest BCUT2D eigenvalue weighted by molar-refractivity contribution is -0.141. The van der Waals surface area contributed by atoms with Crippen LogP contribution in [0.25, 0.3) is 5.65 Å². The summed E-state index contributed by atoms with van der Waals surface area (Å²) in [4.78, 5) is 3.66. The van der Waals surface area contributed by atoms with Crippen LogP contribution in [0.5, 0.6) is 0 Å². The fourth-order valence-electron chi connectivity index (χ4n) is 3.89. The summed E-state index contributed by atoms with van der Waals surface area (Å²) in [6.45, 7) is 0.377. The zero-order valence-corrected chi connectivity index (χ0v) is 16.3. The molecule has 0 unspecified atom stereocenters. The topological polar surface area (TPSA) is 62.5 Å². The van der Waals surface area contributed by atoms with Crippen LogP contribution in [0.1, 0.15) is 30.5 Å². The summed E-state index contributed by atoms with van der Waals surface area (Å²) in [5.41, 5.74) is -0.180. The van der Waals surface area contributed by atoms with Gasteiger partial charge in [0.25, 0.3) is 0 Å². The maximum absolute atomic E-state index is 13.3. The van der Waals surface area contributed by atoms with Crippen LogP contribution in [0.4, 0.5) is 19.0 Å². The number of benzene rings is 1. The van der Waals surface area contributed by atoms with Gasteiger partial charge in [0.15, 0.2) is 11.3 Å². The van der Waals surface area contributed by atoms with Crippen molar-refractivity contribution in [2.24, 2.45) is 0 Å². The van der Waals surface area contributed by atoms with Gasteiger partial charge in [0.1, 0.15) is 10.4 Å². The number of rotatable bonds is 4. The minimum atomic E-state index is -4.56. The molecule has 0 saturated heterocycles. The highest BCUT2D eigenvalue weighted by atomic mass is 79.9. The third kappa shape index (κ3) is 3.60. The van der Waals surface area contributed by atoms with Crippen molar-refractivity contribution in [3.63, 3.8) is 0 Å². The van der Waals surface area contributed by atoms with Gasteiger partial charge in [-0.3, -0.25) is 0 Å². The second-order valence-electron chi connectivity index (χ2n) is 7.16. The molecule has 1 aromatic carbocycles. The van der Waals surface area contributed by atoms with E-state index in [1.165, 1.54) is 10.6 Å². The van der Waals surface area contributed by atoms with E-state index in [9.17, 15) is 18.3 Å². The van der Waals surface area contributed by atoms with Crippen molar-refractivity contribution in [3.8, 4) is 0 Å². The monoisotopic (exact) mass is 454 g/mol. The van der Waals surface area contributed by atoms with E-state index in [0.29, 0.717) is 24.0 Å². The Kier molecular flexibility index (Phi) is 4.83. The lowest BCUT2D eigenvalue weighted by Gasteiger charge is -2.30. The molecule has 3 aromatic rings. The Labute approximate surface area is 167 Å². The van der Waals surface area contributed by atoms with Crippen molar-refractivity contribution in [1.82, 2.24) is 14.6 Å². The third-order valence-electron chi connectivity index (χ3n) is 5.26. The van der Waals surface area contributed by atoms with E-state index < -0.39 is 18.0 Å². The van der Waals surface area contributed by atoms with Gasteiger partial charge >= 0.3 is 6.18 Å². The van der Waals surface area contributed by atoms with E-state index in [2.05, 4.69) is 31.3 Å². The van der Waals surface area contributed by atoms with Gasteiger partial charge in [-0.25, -0.2) is 4.98 Å². The van der Waals surface area contributed by atoms with Crippen LogP contribution >= 0.6 is 15.9 Å². The molecular weight excluding hydrogens is 437 g/mol. The number of nitrogens with zero attached hydrogens (tertiary/aromatic N) is 3. The molecule has 1 fully saturated rings. The largest absolute Gasteiger partial charge is 0.433 e. The summed E-state index contributed by atoms with van der Waals surface area (Å²) in [6, 6.07) is 12.2. The molecule has 0 aliphatic heterocycles. The maximum Gasteiger partial charge on any atom is 0.433 e. The number of aliphatic hydroxyl groups excluding tert-OH is 1. The molecule has 4 rings (SSSR count). The van der Waals surface area contributed by atoms with Crippen LogP contribution in [0.15, 0.2) is 47.1 Å². The second-order valence-corrected chi connectivity index (χ2v) is 7.97. The number of hydrogen-bond acceptors (Lipinski definition) is 4. The number of hydrogen-bond donors (Lipinski definition) is 2. The Morgan fingerprint density at radius 2 is 2.00 bits per heavy atom. The van der Waals surface area contributed by atoms with Crippen molar-refractivity contribution in [2.45, 2.75) is 37.0 Å². The molecule has 28 heavy (non-hydrogen) atoms. The van der Waals surface area contributed by atoms with Gasteiger partial charge in [-0.1, -0.05) is 30.3 Å². The van der Waals surface area contributed by atoms with Crippen LogP contribution < -0.4 is 5.32 Å². The Morgan fingerprint density at radius 3 is 2.64 bits per heavy atom. The number of alkyl halides is 3. The van der Waals surface area contributed by atoms with Crippen molar-refractivity contribution < 1.29 is 18.3 Å². The minimum Gasteiger partial charge on any atom is -0.393 e. The summed E-state index contributed by atoms with van der Waals surface area (Å²) >= 11 is 3.19. The van der Waals surface area contributed by atoms with E-state index >= 15 is 0 Å². The molecule has 0 bridgehead atoms. The number of halogens is 4. The highest BCUT2D eigenvalue weighted by Crippen LogP contribution is 2.41. The fraction of sp³-hybridized carbons (Fsp3) is 0.368. The Bertz CT molecular complexity index is 992. The first-order chi connectivity index (χ1) is 13.3. The van der Waals surface area contributed by atoms with Gasteiger partial charge in [-0.2, -0.15) is 22.8 Å². The average molecular weight is 455 g/mol. The summed E-state index contributed by atoms with van der Waals surface area (Å²) in [5, 5.41) is 17.5. The SMILES string of the molecule is O[C@@H]1CC[C@@](CNc2cc(C(F)(F)F)nc3cc(Br)nn23)(c2ccccc2)C1. The van der Waals surface area contributed by atoms with Crippen molar-refractivity contribution in [2.75, 3.05) is 11.9 Å². The highest BCUT2D eigenvalue weighted by Gasteiger charge is 2.40. The fourth-order valence-corrected chi connectivity index (χ4v) is 4.26. The predicted octanol–water partition coefficient (Wildman–Crippen LogP) is 4.41. The van der Waals surface area contributed by atoms with Crippen LogP contribution in [0.2, 0.25) is 0 Å². The summed E-state index contributed by atoms with van der Waals surface area (Å²) in [6.07, 6.45) is -3.04. The number of aliphatic hydroxyl groups is 1. The van der Waals surface area contributed by atoms with Gasteiger partial charge in [0, 0.05) is 24.1 Å². The molecule has 2 heterocycles. The molecule has 1 saturated carbocycles. The zero-order chi connectivity index (χ0) is 19.9. The Morgan fingerprint density at radius 1 is 1.25 bits per heavy atom. The van der Waals surface area contributed by atoms with Crippen molar-refractivity contribution in [3.05, 3.63) is 58.3 Å². The van der Waals surface area contributed by atoms with Crippen LogP contribution in [-0.4, -0.2) is 32.4 Å². The first kappa shape index (κ1) is 19.2. The summed E-state index contributed by atoms with van der Waals surface area (Å²) in [7, 11) is 0. The van der Waals surface area contributed by atoms with Gasteiger partial charge in [-0.05, 0) is 40.8 Å². The molecule has 5 nitrogen and oxygen atoms in total. The van der Waals surface area contributed by atoms with Gasteiger partial charge in [-0.15, -0.1) is 0 Å². The van der Waals surface area contributed by atoms with E-state index in [1.807, 2.05) is 30.3 Å². The first-order valence-electron chi connectivity index (χ1n) is 8.88. The number of fused-ring (bicyclic) bond motifs is 1. The minimum absolute atomic E-state index is 0.101. The van der Waals surface area contributed by atoms with Crippen LogP contribution in [-0.2, 0) is 11.6 Å². The molecule has 1 aliphatic rings. The Balaban J connectivity index is 1.71. The standard InChI is InChI=1S/C19H18BrF3N4O/c20-15-9-17-25-14(19(21,22)23)8-16(27(17)26-15)24-11-18(7-6-13(28)10-18)12-4-2-1-3-5-12/h1-5,8-9,13,24,28H,6-7,10-11H2/t13-,18-/m1/s1. The molecule has 9 heteroatoms. The van der Waals surface area contributed by atoms with E-state index in [-0.39, 0.29) is 16.9 Å². The molecule has 2 aromatic heterocycles. The lowest BCUT2D eigenvalue weighted by atomic mass is 9.78. The second kappa shape index (κ2) is 7.04. The van der Waals surface area contributed by atoms with E-state index in [1.54, 1.807) is 0 Å². The van der Waals surface area contributed by atoms with Crippen LogP contribution in [0, 0.1) is 0 Å². The smallest absolute Gasteiger partial charge is 0.393 e. The van der Waals surface area contributed by atoms with E-state index in [0.717, 1.165) is 18.1 Å². The molecular formula is C19H18BrF3N4O. The Hall–Kier alpha value is -2.13. The normalized spacial score (nSPS) is 22.7. The van der Waals surface area contributed by atoms with Crippen molar-refractivity contribution in [1.29, 1.82) is 0 Å². The average Bonchev–Trinajstić information content (AvgIpc) is 3.22. The number of nitrogens with one attached hydrogen (secondary N) is 1. The van der Waals surface area contributed by atoms with Gasteiger partial charge < -0.3 is 10.4 Å². The molecule has 148 valence electrons. The summed E-state index contributed by atoms with van der Waals surface area (Å²) < 4.78 is 41.6. The van der Waals surface area contributed by atoms with Crippen LogP contribution in [0.3, 0.4) is 0 Å². The van der Waals surface area contributed by atoms with Gasteiger partial charge in [0.2, 0.25) is 0 Å². The third-order valence-corrected chi connectivity index (χ3v) is 5.65. The molecule has 2 atom stereocenters. The van der Waals surface area contributed by atoms with E-state index in [4.69, 9.17) is 0 Å². The predicted molar refractivity (Wildman–Crippen MR) is 102 cm³/mol. The van der Waals surface area contributed by atoms with Gasteiger partial charge in [0.05, 0.1) is 6.10 Å². The molecule has 0 spiro atoms. The maximum atomic E-state index is 13.3. The first-order valence-corrected chi connectivity index (χ1v) is 9.67. The number of anilines is 1. The summed E-state index contributed by atoms with van der Waals surface area (Å²) in [5.74, 6) is 0.208. The zero-order valence-electron chi connectivity index (χ0n) is 14.7. The highest BCUT2D eigenvalue weighted by molar-refractivity contribution is 9.10. The molecule has 0 amide bonds. The lowest BCUT2D eigenvalue weighted by Crippen LogP contribution is -2.33. The van der Waals surface area contributed by atoms with Crippen molar-refractivity contribution >= 4 is 27.4 Å². The molecule has 1 aliphatic carbocycles. The molecule has 0 radical (unpaired) electrons. The number of aromatic nitrogens is 3. The quantitative estimate of drug-likeness (QED) is 0.612. The molecule has 2 N–H and O–H groups in total.